The zero-order valence-corrected chi connectivity index (χ0v) is 14.9. The van der Waals surface area contributed by atoms with Gasteiger partial charge in [-0.25, -0.2) is 0 Å². The van der Waals surface area contributed by atoms with Crippen LogP contribution in [-0.4, -0.2) is 25.8 Å². The number of nitrogens with one attached hydrogen (secondary N) is 2. The van der Waals surface area contributed by atoms with Gasteiger partial charge in [0, 0.05) is 12.1 Å². The van der Waals surface area contributed by atoms with Gasteiger partial charge in [-0.05, 0) is 43.2 Å². The van der Waals surface area contributed by atoms with Crippen molar-refractivity contribution >= 4 is 11.6 Å². The SMILES string of the molecule is CCCOc1ccc(CC2NC(=O)c3cc(C)ccc3N2)cc1OC. The lowest BCUT2D eigenvalue weighted by Gasteiger charge is -2.28. The lowest BCUT2D eigenvalue weighted by atomic mass is 10.0. The number of carbonyl (C=O) groups is 1. The Hall–Kier alpha value is -2.69. The molecule has 1 atom stereocenters. The van der Waals surface area contributed by atoms with E-state index in [1.165, 1.54) is 0 Å². The summed E-state index contributed by atoms with van der Waals surface area (Å²) in [4.78, 5) is 12.3. The van der Waals surface area contributed by atoms with E-state index in [1.807, 2.05) is 43.3 Å². The molecule has 0 aromatic heterocycles. The van der Waals surface area contributed by atoms with Gasteiger partial charge in [-0.2, -0.15) is 0 Å². The molecule has 0 radical (unpaired) electrons. The molecule has 5 heteroatoms. The van der Waals surface area contributed by atoms with Gasteiger partial charge in [-0.3, -0.25) is 4.79 Å². The molecule has 1 amide bonds. The Bertz CT molecular complexity index is 774. The molecule has 0 saturated heterocycles. The van der Waals surface area contributed by atoms with Crippen LogP contribution < -0.4 is 20.1 Å². The Morgan fingerprint density at radius 3 is 2.68 bits per heavy atom. The summed E-state index contributed by atoms with van der Waals surface area (Å²) in [6.45, 7) is 4.71. The van der Waals surface area contributed by atoms with Crippen molar-refractivity contribution in [3.63, 3.8) is 0 Å². The molecule has 1 aliphatic heterocycles. The molecule has 0 aliphatic carbocycles. The fourth-order valence-electron chi connectivity index (χ4n) is 2.94. The van der Waals surface area contributed by atoms with Gasteiger partial charge in [0.15, 0.2) is 11.5 Å². The number of fused-ring (bicyclic) bond motifs is 1. The Balaban J connectivity index is 1.74. The molecular formula is C20H24N2O3. The van der Waals surface area contributed by atoms with E-state index in [9.17, 15) is 4.79 Å². The first-order chi connectivity index (χ1) is 12.1. The summed E-state index contributed by atoms with van der Waals surface area (Å²) in [6.07, 6.45) is 1.44. The van der Waals surface area contributed by atoms with Crippen molar-refractivity contribution < 1.29 is 14.3 Å². The van der Waals surface area contributed by atoms with E-state index in [-0.39, 0.29) is 12.1 Å². The van der Waals surface area contributed by atoms with Crippen molar-refractivity contribution in [2.24, 2.45) is 0 Å². The van der Waals surface area contributed by atoms with Gasteiger partial charge in [0.05, 0.1) is 19.3 Å². The van der Waals surface area contributed by atoms with Crippen LogP contribution in [0.3, 0.4) is 0 Å². The third kappa shape index (κ3) is 3.87. The van der Waals surface area contributed by atoms with E-state index < -0.39 is 0 Å². The number of aryl methyl sites for hydroxylation is 1. The van der Waals surface area contributed by atoms with E-state index in [1.54, 1.807) is 7.11 Å². The van der Waals surface area contributed by atoms with Gasteiger partial charge in [-0.15, -0.1) is 0 Å². The van der Waals surface area contributed by atoms with E-state index in [0.29, 0.717) is 24.3 Å². The fraction of sp³-hybridized carbons (Fsp3) is 0.350. The second kappa shape index (κ2) is 7.47. The molecule has 5 nitrogen and oxygen atoms in total. The van der Waals surface area contributed by atoms with Gasteiger partial charge in [0.25, 0.3) is 5.91 Å². The summed E-state index contributed by atoms with van der Waals surface area (Å²) < 4.78 is 11.1. The molecule has 0 spiro atoms. The highest BCUT2D eigenvalue weighted by atomic mass is 16.5. The molecule has 3 rings (SSSR count). The van der Waals surface area contributed by atoms with Crippen LogP contribution in [0.25, 0.3) is 0 Å². The third-order valence-electron chi connectivity index (χ3n) is 4.18. The Labute approximate surface area is 148 Å². The zero-order valence-electron chi connectivity index (χ0n) is 14.9. The molecular weight excluding hydrogens is 316 g/mol. The maximum absolute atomic E-state index is 12.3. The highest BCUT2D eigenvalue weighted by Crippen LogP contribution is 2.29. The number of anilines is 1. The Morgan fingerprint density at radius 2 is 1.92 bits per heavy atom. The summed E-state index contributed by atoms with van der Waals surface area (Å²) in [5, 5.41) is 6.40. The molecule has 0 saturated carbocycles. The second-order valence-electron chi connectivity index (χ2n) is 6.26. The molecule has 2 aromatic rings. The summed E-state index contributed by atoms with van der Waals surface area (Å²) in [6, 6.07) is 11.8. The molecule has 25 heavy (non-hydrogen) atoms. The van der Waals surface area contributed by atoms with Crippen molar-refractivity contribution in [3.05, 3.63) is 53.1 Å². The van der Waals surface area contributed by atoms with Crippen LogP contribution in [0, 0.1) is 6.92 Å². The largest absolute Gasteiger partial charge is 0.493 e. The first-order valence-corrected chi connectivity index (χ1v) is 8.58. The van der Waals surface area contributed by atoms with Gasteiger partial charge in [0.1, 0.15) is 6.17 Å². The molecule has 1 aliphatic rings. The van der Waals surface area contributed by atoms with Crippen LogP contribution in [0.5, 0.6) is 11.5 Å². The normalized spacial score (nSPS) is 15.8. The van der Waals surface area contributed by atoms with Crippen molar-refractivity contribution in [3.8, 4) is 11.5 Å². The van der Waals surface area contributed by atoms with Gasteiger partial charge in [0.2, 0.25) is 0 Å². The van der Waals surface area contributed by atoms with Gasteiger partial charge >= 0.3 is 0 Å². The van der Waals surface area contributed by atoms with Gasteiger partial charge < -0.3 is 20.1 Å². The minimum Gasteiger partial charge on any atom is -0.493 e. The number of amides is 1. The third-order valence-corrected chi connectivity index (χ3v) is 4.18. The van der Waals surface area contributed by atoms with Gasteiger partial charge in [-0.1, -0.05) is 24.6 Å². The Morgan fingerprint density at radius 1 is 1.08 bits per heavy atom. The highest BCUT2D eigenvalue weighted by Gasteiger charge is 2.23. The predicted octanol–water partition coefficient (Wildman–Crippen LogP) is 3.52. The molecule has 2 N–H and O–H groups in total. The molecule has 0 bridgehead atoms. The molecule has 0 fully saturated rings. The van der Waals surface area contributed by atoms with Crippen molar-refractivity contribution in [1.29, 1.82) is 0 Å². The predicted molar refractivity (Wildman–Crippen MR) is 98.5 cm³/mol. The van der Waals surface area contributed by atoms with Crippen LogP contribution in [-0.2, 0) is 6.42 Å². The number of carbonyl (C=O) groups excluding carboxylic acids is 1. The number of methoxy groups -OCH3 is 1. The van der Waals surface area contributed by atoms with E-state index in [2.05, 4.69) is 17.6 Å². The first kappa shape index (κ1) is 17.1. The van der Waals surface area contributed by atoms with Crippen LogP contribution in [0.4, 0.5) is 5.69 Å². The molecule has 1 heterocycles. The second-order valence-corrected chi connectivity index (χ2v) is 6.26. The van der Waals surface area contributed by atoms with Crippen LogP contribution in [0.15, 0.2) is 36.4 Å². The van der Waals surface area contributed by atoms with Crippen LogP contribution in [0.2, 0.25) is 0 Å². The van der Waals surface area contributed by atoms with E-state index >= 15 is 0 Å². The smallest absolute Gasteiger partial charge is 0.254 e. The fourth-order valence-corrected chi connectivity index (χ4v) is 2.94. The maximum Gasteiger partial charge on any atom is 0.254 e. The lowest BCUT2D eigenvalue weighted by Crippen LogP contribution is -2.46. The number of hydrogen-bond acceptors (Lipinski definition) is 4. The summed E-state index contributed by atoms with van der Waals surface area (Å²) >= 11 is 0. The topological polar surface area (TPSA) is 59.6 Å². The number of hydrogen-bond donors (Lipinski definition) is 2. The number of benzene rings is 2. The molecule has 2 aromatic carbocycles. The summed E-state index contributed by atoms with van der Waals surface area (Å²) in [5.74, 6) is 1.41. The molecule has 1 unspecified atom stereocenters. The first-order valence-electron chi connectivity index (χ1n) is 8.58. The van der Waals surface area contributed by atoms with Crippen LogP contribution >= 0.6 is 0 Å². The molecule has 132 valence electrons. The standard InChI is InChI=1S/C20H24N2O3/c1-4-9-25-17-8-6-14(11-18(17)24-3)12-19-21-16-7-5-13(2)10-15(16)20(23)22-19/h5-8,10-11,19,21H,4,9,12H2,1-3H3,(H,22,23). The summed E-state index contributed by atoms with van der Waals surface area (Å²) in [5.41, 5.74) is 3.70. The average Bonchev–Trinajstić information content (AvgIpc) is 2.61. The maximum atomic E-state index is 12.3. The average molecular weight is 340 g/mol. The van der Waals surface area contributed by atoms with Crippen molar-refractivity contribution in [2.45, 2.75) is 32.9 Å². The van der Waals surface area contributed by atoms with E-state index in [4.69, 9.17) is 9.47 Å². The lowest BCUT2D eigenvalue weighted by molar-refractivity contribution is 0.0936. The zero-order chi connectivity index (χ0) is 17.8. The number of rotatable bonds is 6. The van der Waals surface area contributed by atoms with Crippen molar-refractivity contribution in [1.82, 2.24) is 5.32 Å². The van der Waals surface area contributed by atoms with E-state index in [0.717, 1.165) is 29.0 Å². The number of ether oxygens (including phenoxy) is 2. The summed E-state index contributed by atoms with van der Waals surface area (Å²) in [7, 11) is 1.64. The highest BCUT2D eigenvalue weighted by molar-refractivity contribution is 6.01. The quantitative estimate of drug-likeness (QED) is 0.845. The van der Waals surface area contributed by atoms with Crippen LogP contribution in [0.1, 0.15) is 34.8 Å². The monoisotopic (exact) mass is 340 g/mol. The minimum absolute atomic E-state index is 0.0442. The Kier molecular flexibility index (Phi) is 5.12. The minimum atomic E-state index is -0.158. The van der Waals surface area contributed by atoms with Crippen molar-refractivity contribution in [2.75, 3.05) is 19.0 Å².